The molecule has 0 amide bonds. The van der Waals surface area contributed by atoms with Gasteiger partial charge in [-0.3, -0.25) is 4.79 Å². The van der Waals surface area contributed by atoms with Crippen LogP contribution in [-0.4, -0.2) is 35.0 Å². The first kappa shape index (κ1) is 29.5. The molecule has 7 heteroatoms. The van der Waals surface area contributed by atoms with Crippen LogP contribution in [0.25, 0.3) is 0 Å². The third-order valence-corrected chi connectivity index (χ3v) is 7.71. The van der Waals surface area contributed by atoms with E-state index in [9.17, 15) is 24.6 Å². The molecule has 0 radical (unpaired) electrons. The Labute approximate surface area is 225 Å². The van der Waals surface area contributed by atoms with Gasteiger partial charge in [-0.25, -0.2) is 9.59 Å². The maximum atomic E-state index is 13.7. The summed E-state index contributed by atoms with van der Waals surface area (Å²) in [6.07, 6.45) is 15.9. The highest BCUT2D eigenvalue weighted by molar-refractivity contribution is 6.09. The van der Waals surface area contributed by atoms with E-state index in [2.05, 4.69) is 13.8 Å². The number of carbonyl (C=O) groups excluding carboxylic acids is 2. The van der Waals surface area contributed by atoms with E-state index in [1.54, 1.807) is 0 Å². The minimum Gasteiger partial charge on any atom is -0.507 e. The Morgan fingerprint density at radius 2 is 1.47 bits per heavy atom. The average Bonchev–Trinajstić information content (AvgIpc) is 3.16. The molecular weight excluding hydrogens is 484 g/mol. The van der Waals surface area contributed by atoms with Crippen molar-refractivity contribution in [2.75, 3.05) is 7.11 Å². The number of aromatic hydroxyl groups is 1. The summed E-state index contributed by atoms with van der Waals surface area (Å²) >= 11 is 0. The standard InChI is InChI=1S/C31H42O7/c1-4-6-8-10-11-13-15-17-23-27(29(34)35)24(33)20-25-28(23)31(30(36)38-25)21(16-14-12-9-7-5-2)18-22(32)19-26(31)37-3/h18-20,33H,4-17H2,1-3H3,(H,34,35)/t31-/m0/s1. The molecule has 2 N–H and O–H groups in total. The van der Waals surface area contributed by atoms with E-state index in [-0.39, 0.29) is 22.9 Å². The van der Waals surface area contributed by atoms with Crippen LogP contribution >= 0.6 is 0 Å². The predicted molar refractivity (Wildman–Crippen MR) is 146 cm³/mol. The van der Waals surface area contributed by atoms with Crippen molar-refractivity contribution in [1.82, 2.24) is 0 Å². The van der Waals surface area contributed by atoms with Gasteiger partial charge in [0.25, 0.3) is 0 Å². The Kier molecular flexibility index (Phi) is 10.6. The highest BCUT2D eigenvalue weighted by Gasteiger charge is 2.59. The van der Waals surface area contributed by atoms with Gasteiger partial charge in [0.05, 0.1) is 7.11 Å². The van der Waals surface area contributed by atoms with E-state index in [0.29, 0.717) is 36.0 Å². The maximum absolute atomic E-state index is 13.7. The lowest BCUT2D eigenvalue weighted by Gasteiger charge is -2.34. The number of ether oxygens (including phenoxy) is 2. The van der Waals surface area contributed by atoms with E-state index < -0.39 is 23.1 Å². The number of hydrogen-bond donors (Lipinski definition) is 2. The number of carboxylic acid groups (broad SMARTS) is 1. The molecule has 0 aromatic heterocycles. The second-order valence-corrected chi connectivity index (χ2v) is 10.4. The number of methoxy groups -OCH3 is 1. The van der Waals surface area contributed by atoms with Crippen LogP contribution in [0, 0.1) is 0 Å². The van der Waals surface area contributed by atoms with Crippen LogP contribution < -0.4 is 4.74 Å². The lowest BCUT2D eigenvalue weighted by Crippen LogP contribution is -2.42. The van der Waals surface area contributed by atoms with Gasteiger partial charge in [0, 0.05) is 17.7 Å². The summed E-state index contributed by atoms with van der Waals surface area (Å²) in [5, 5.41) is 20.8. The largest absolute Gasteiger partial charge is 0.507 e. The van der Waals surface area contributed by atoms with Crippen LogP contribution in [-0.2, 0) is 26.2 Å². The smallest absolute Gasteiger partial charge is 0.339 e. The number of allylic oxidation sites excluding steroid dienone is 2. The molecule has 7 nitrogen and oxygen atoms in total. The van der Waals surface area contributed by atoms with Crippen molar-refractivity contribution in [3.8, 4) is 11.5 Å². The summed E-state index contributed by atoms with van der Waals surface area (Å²) in [7, 11) is 1.41. The fourth-order valence-corrected chi connectivity index (χ4v) is 5.84. The van der Waals surface area contributed by atoms with E-state index in [4.69, 9.17) is 9.47 Å². The summed E-state index contributed by atoms with van der Waals surface area (Å²) in [5.74, 6) is -2.33. The number of ketones is 1. The summed E-state index contributed by atoms with van der Waals surface area (Å²) in [4.78, 5) is 38.7. The van der Waals surface area contributed by atoms with Gasteiger partial charge in [-0.1, -0.05) is 78.1 Å². The molecule has 1 atom stereocenters. The molecule has 1 aliphatic carbocycles. The zero-order valence-electron chi connectivity index (χ0n) is 23.1. The van der Waals surface area contributed by atoms with Crippen molar-refractivity contribution in [3.63, 3.8) is 0 Å². The zero-order valence-corrected chi connectivity index (χ0v) is 23.1. The van der Waals surface area contributed by atoms with Crippen molar-refractivity contribution in [2.45, 2.75) is 109 Å². The molecule has 1 heterocycles. The van der Waals surface area contributed by atoms with Crippen LogP contribution in [0.1, 0.15) is 119 Å². The number of carbonyl (C=O) groups is 3. The minimum absolute atomic E-state index is 0.129. The van der Waals surface area contributed by atoms with Gasteiger partial charge < -0.3 is 19.7 Å². The molecule has 1 aromatic rings. The third-order valence-electron chi connectivity index (χ3n) is 7.71. The Morgan fingerprint density at radius 3 is 2.05 bits per heavy atom. The molecule has 1 spiro atoms. The van der Waals surface area contributed by atoms with E-state index >= 15 is 0 Å². The molecule has 1 aliphatic heterocycles. The molecule has 208 valence electrons. The number of aromatic carboxylic acids is 1. The van der Waals surface area contributed by atoms with Crippen molar-refractivity contribution >= 4 is 17.7 Å². The first-order valence-corrected chi connectivity index (χ1v) is 14.2. The third kappa shape index (κ3) is 5.97. The summed E-state index contributed by atoms with van der Waals surface area (Å²) in [6.45, 7) is 4.31. The van der Waals surface area contributed by atoms with E-state index in [1.807, 2.05) is 0 Å². The Hall–Kier alpha value is -3.09. The normalized spacial score (nSPS) is 18.3. The first-order valence-electron chi connectivity index (χ1n) is 14.2. The molecule has 0 unspecified atom stereocenters. The number of phenols is 1. The molecule has 0 bridgehead atoms. The fraction of sp³-hybridized carbons (Fsp3) is 0.581. The quantitative estimate of drug-likeness (QED) is 0.136. The molecule has 1 aromatic carbocycles. The zero-order chi connectivity index (χ0) is 27.7. The van der Waals surface area contributed by atoms with Crippen LogP contribution in [0.3, 0.4) is 0 Å². The van der Waals surface area contributed by atoms with Gasteiger partial charge in [0.1, 0.15) is 22.8 Å². The van der Waals surface area contributed by atoms with Gasteiger partial charge in [-0.05, 0) is 42.9 Å². The van der Waals surface area contributed by atoms with Gasteiger partial charge in [-0.2, -0.15) is 0 Å². The van der Waals surface area contributed by atoms with E-state index in [1.165, 1.54) is 44.6 Å². The molecule has 2 aliphatic rings. The molecular formula is C31H42O7. The number of carboxylic acids is 1. The maximum Gasteiger partial charge on any atom is 0.339 e. The number of unbranched alkanes of at least 4 members (excludes halogenated alkanes) is 10. The molecule has 0 saturated carbocycles. The van der Waals surface area contributed by atoms with E-state index in [0.717, 1.165) is 51.4 Å². The molecule has 0 saturated heterocycles. The second kappa shape index (κ2) is 13.6. The molecule has 38 heavy (non-hydrogen) atoms. The minimum atomic E-state index is -1.53. The van der Waals surface area contributed by atoms with Crippen molar-refractivity contribution < 1.29 is 34.1 Å². The summed E-state index contributed by atoms with van der Waals surface area (Å²) < 4.78 is 11.4. The lowest BCUT2D eigenvalue weighted by atomic mass is 9.66. The van der Waals surface area contributed by atoms with Gasteiger partial charge in [0.15, 0.2) is 11.2 Å². The van der Waals surface area contributed by atoms with Crippen molar-refractivity contribution in [3.05, 3.63) is 46.2 Å². The Morgan fingerprint density at radius 1 is 0.895 bits per heavy atom. The van der Waals surface area contributed by atoms with Crippen LogP contribution in [0.5, 0.6) is 11.5 Å². The number of hydrogen-bond acceptors (Lipinski definition) is 6. The SMILES string of the molecule is CCCCCCCCCc1c(C(=O)O)c(O)cc2c1[C@]1(C(=O)O2)C(CCCCCCC)=CC(=O)C=C1OC. The summed E-state index contributed by atoms with van der Waals surface area (Å²) in [5.41, 5.74) is -0.422. The fourth-order valence-electron chi connectivity index (χ4n) is 5.84. The van der Waals surface area contributed by atoms with Crippen LogP contribution in [0.15, 0.2) is 29.6 Å². The number of rotatable bonds is 16. The predicted octanol–water partition coefficient (Wildman–Crippen LogP) is 6.94. The number of benzene rings is 1. The average molecular weight is 527 g/mol. The molecule has 3 rings (SSSR count). The topological polar surface area (TPSA) is 110 Å². The highest BCUT2D eigenvalue weighted by Crippen LogP contribution is 2.55. The highest BCUT2D eigenvalue weighted by atomic mass is 16.5. The van der Waals surface area contributed by atoms with Crippen molar-refractivity contribution in [1.29, 1.82) is 0 Å². The Bertz CT molecular complexity index is 1100. The second-order valence-electron chi connectivity index (χ2n) is 10.4. The van der Waals surface area contributed by atoms with Gasteiger partial charge in [-0.15, -0.1) is 0 Å². The Balaban J connectivity index is 2.06. The van der Waals surface area contributed by atoms with Gasteiger partial charge >= 0.3 is 11.9 Å². The van der Waals surface area contributed by atoms with Gasteiger partial charge in [0.2, 0.25) is 0 Å². The monoisotopic (exact) mass is 526 g/mol. The number of esters is 1. The lowest BCUT2D eigenvalue weighted by molar-refractivity contribution is -0.137. The number of fused-ring (bicyclic) bond motifs is 2. The van der Waals surface area contributed by atoms with Crippen molar-refractivity contribution in [2.24, 2.45) is 0 Å². The molecule has 0 fully saturated rings. The first-order chi connectivity index (χ1) is 18.3. The summed E-state index contributed by atoms with van der Waals surface area (Å²) in [6, 6.07) is 1.21. The van der Waals surface area contributed by atoms with Crippen LogP contribution in [0.2, 0.25) is 0 Å². The van der Waals surface area contributed by atoms with Crippen LogP contribution in [0.4, 0.5) is 0 Å².